The van der Waals surface area contributed by atoms with E-state index >= 15 is 0 Å². The van der Waals surface area contributed by atoms with E-state index in [1.165, 1.54) is 18.4 Å². The first-order valence-electron chi connectivity index (χ1n) is 6.41. The zero-order valence-electron chi connectivity index (χ0n) is 11.3. The third kappa shape index (κ3) is 2.21. The normalized spacial score (nSPS) is 10.7. The average molecular weight is 280 g/mol. The average Bonchev–Trinajstić information content (AvgIpc) is 2.49. The van der Waals surface area contributed by atoms with Crippen LogP contribution in [-0.4, -0.2) is 11.4 Å². The molecule has 0 saturated carbocycles. The summed E-state index contributed by atoms with van der Waals surface area (Å²) in [6.07, 6.45) is 2.11. The molecule has 3 aromatic rings. The third-order valence-electron chi connectivity index (χ3n) is 3.47. The summed E-state index contributed by atoms with van der Waals surface area (Å²) in [6, 6.07) is 9.56. The molecule has 0 saturated heterocycles. The van der Waals surface area contributed by atoms with Crippen molar-refractivity contribution < 1.29 is 14.3 Å². The monoisotopic (exact) mass is 280 g/mol. The van der Waals surface area contributed by atoms with Gasteiger partial charge in [-0.3, -0.25) is 9.59 Å². The van der Waals surface area contributed by atoms with E-state index in [2.05, 4.69) is 0 Å². The zero-order valence-corrected chi connectivity index (χ0v) is 11.3. The molecule has 0 amide bonds. The molecule has 0 spiro atoms. The third-order valence-corrected chi connectivity index (χ3v) is 3.47. The smallest absolute Gasteiger partial charge is 0.200 e. The Hall–Kier alpha value is -2.88. The summed E-state index contributed by atoms with van der Waals surface area (Å²) < 4.78 is 5.48. The van der Waals surface area contributed by atoms with Gasteiger partial charge in [0.15, 0.2) is 5.43 Å². The van der Waals surface area contributed by atoms with E-state index in [1.54, 1.807) is 31.2 Å². The fraction of sp³-hybridized carbons (Fsp3) is 0.0588. The van der Waals surface area contributed by atoms with Crippen LogP contribution in [0.3, 0.4) is 0 Å². The molecule has 0 aliphatic carbocycles. The first-order chi connectivity index (χ1) is 10.1. The van der Waals surface area contributed by atoms with E-state index in [9.17, 15) is 14.7 Å². The molecule has 0 atom stereocenters. The van der Waals surface area contributed by atoms with Gasteiger partial charge in [-0.05, 0) is 42.3 Å². The van der Waals surface area contributed by atoms with Crippen molar-refractivity contribution in [3.8, 4) is 16.9 Å². The number of aldehydes is 1. The number of hydrogen-bond donors (Lipinski definition) is 1. The molecule has 0 aliphatic heterocycles. The molecule has 3 rings (SSSR count). The van der Waals surface area contributed by atoms with Crippen molar-refractivity contribution in [2.24, 2.45) is 0 Å². The minimum atomic E-state index is -0.164. The predicted octanol–water partition coefficient (Wildman–Crippen LogP) is 3.29. The van der Waals surface area contributed by atoms with Crippen molar-refractivity contribution in [3.05, 3.63) is 64.0 Å². The van der Waals surface area contributed by atoms with Crippen LogP contribution in [0.15, 0.2) is 51.9 Å². The molecule has 1 aromatic heterocycles. The van der Waals surface area contributed by atoms with Gasteiger partial charge in [0.25, 0.3) is 0 Å². The number of rotatable bonds is 2. The fourth-order valence-electron chi connectivity index (χ4n) is 2.27. The van der Waals surface area contributed by atoms with Crippen LogP contribution >= 0.6 is 0 Å². The van der Waals surface area contributed by atoms with Gasteiger partial charge in [-0.2, -0.15) is 0 Å². The van der Waals surface area contributed by atoms with Gasteiger partial charge in [-0.25, -0.2) is 0 Å². The van der Waals surface area contributed by atoms with Crippen molar-refractivity contribution in [1.29, 1.82) is 0 Å². The number of aryl methyl sites for hydroxylation is 1. The first-order valence-corrected chi connectivity index (χ1v) is 6.41. The summed E-state index contributed by atoms with van der Waals surface area (Å²) in [5, 5.41) is 9.74. The Balaban J connectivity index is 2.27. The van der Waals surface area contributed by atoms with E-state index in [0.717, 1.165) is 11.8 Å². The van der Waals surface area contributed by atoms with Gasteiger partial charge in [0.1, 0.15) is 23.9 Å². The van der Waals surface area contributed by atoms with Gasteiger partial charge >= 0.3 is 0 Å². The van der Waals surface area contributed by atoms with Crippen molar-refractivity contribution in [1.82, 2.24) is 0 Å². The van der Waals surface area contributed by atoms with Gasteiger partial charge in [-0.1, -0.05) is 12.1 Å². The number of fused-ring (bicyclic) bond motifs is 1. The number of hydrogen-bond acceptors (Lipinski definition) is 4. The molecule has 0 aliphatic rings. The molecule has 0 unspecified atom stereocenters. The topological polar surface area (TPSA) is 67.5 Å². The van der Waals surface area contributed by atoms with Gasteiger partial charge < -0.3 is 9.52 Å². The van der Waals surface area contributed by atoms with Crippen LogP contribution in [0.1, 0.15) is 15.9 Å². The second-order valence-electron chi connectivity index (χ2n) is 4.85. The molecule has 104 valence electrons. The quantitative estimate of drug-likeness (QED) is 0.731. The first kappa shape index (κ1) is 13.1. The Labute approximate surface area is 120 Å². The van der Waals surface area contributed by atoms with E-state index in [0.29, 0.717) is 27.7 Å². The van der Waals surface area contributed by atoms with Crippen LogP contribution in [0, 0.1) is 6.92 Å². The lowest BCUT2D eigenvalue weighted by atomic mass is 10.0. The second kappa shape index (κ2) is 4.90. The van der Waals surface area contributed by atoms with Crippen molar-refractivity contribution in [3.63, 3.8) is 0 Å². The summed E-state index contributed by atoms with van der Waals surface area (Å²) in [5.74, 6) is 0.135. The molecular formula is C17H12O4. The van der Waals surface area contributed by atoms with Gasteiger partial charge in [0.05, 0.1) is 10.9 Å². The highest BCUT2D eigenvalue weighted by atomic mass is 16.3. The van der Waals surface area contributed by atoms with Crippen LogP contribution in [-0.2, 0) is 0 Å². The standard InChI is InChI=1S/C17H12O4/c1-10-6-14-16(7-12(10)8-18)21-9-15(17(14)20)11-2-4-13(19)5-3-11/h2-9,19H,1H3. The number of carbonyl (C=O) groups excluding carboxylic acids is 1. The summed E-state index contributed by atoms with van der Waals surface area (Å²) in [5.41, 5.74) is 2.54. The maximum Gasteiger partial charge on any atom is 0.200 e. The fourth-order valence-corrected chi connectivity index (χ4v) is 2.27. The Morgan fingerprint density at radius 1 is 1.14 bits per heavy atom. The number of aromatic hydroxyl groups is 1. The van der Waals surface area contributed by atoms with Crippen molar-refractivity contribution in [2.75, 3.05) is 0 Å². The highest BCUT2D eigenvalue weighted by Crippen LogP contribution is 2.23. The van der Waals surface area contributed by atoms with Crippen LogP contribution in [0.2, 0.25) is 0 Å². The van der Waals surface area contributed by atoms with E-state index in [4.69, 9.17) is 4.42 Å². The van der Waals surface area contributed by atoms with E-state index in [-0.39, 0.29) is 11.2 Å². The Bertz CT molecular complexity index is 889. The number of carbonyl (C=O) groups is 1. The van der Waals surface area contributed by atoms with E-state index < -0.39 is 0 Å². The van der Waals surface area contributed by atoms with Crippen LogP contribution in [0.4, 0.5) is 0 Å². The molecule has 0 fully saturated rings. The molecule has 21 heavy (non-hydrogen) atoms. The Kier molecular flexibility index (Phi) is 3.06. The minimum absolute atomic E-state index is 0.135. The Morgan fingerprint density at radius 2 is 1.86 bits per heavy atom. The van der Waals surface area contributed by atoms with Gasteiger partial charge in [0, 0.05) is 5.56 Å². The summed E-state index contributed by atoms with van der Waals surface area (Å²) in [7, 11) is 0. The van der Waals surface area contributed by atoms with E-state index in [1.807, 2.05) is 0 Å². The number of phenolic OH excluding ortho intramolecular Hbond substituents is 1. The molecule has 4 heteroatoms. The zero-order chi connectivity index (χ0) is 15.0. The van der Waals surface area contributed by atoms with Crippen molar-refractivity contribution >= 4 is 17.3 Å². The lowest BCUT2D eigenvalue weighted by Crippen LogP contribution is -2.05. The number of benzene rings is 2. The minimum Gasteiger partial charge on any atom is -0.508 e. The lowest BCUT2D eigenvalue weighted by molar-refractivity contribution is 0.112. The van der Waals surface area contributed by atoms with Crippen molar-refractivity contribution in [2.45, 2.75) is 6.92 Å². The molecule has 1 heterocycles. The largest absolute Gasteiger partial charge is 0.508 e. The molecule has 0 bridgehead atoms. The lowest BCUT2D eigenvalue weighted by Gasteiger charge is -2.05. The Morgan fingerprint density at radius 3 is 2.52 bits per heavy atom. The molecule has 4 nitrogen and oxygen atoms in total. The maximum absolute atomic E-state index is 12.6. The highest BCUT2D eigenvalue weighted by molar-refractivity contribution is 5.89. The summed E-state index contributed by atoms with van der Waals surface area (Å²) in [4.78, 5) is 23.5. The maximum atomic E-state index is 12.6. The van der Waals surface area contributed by atoms with Gasteiger partial charge in [0.2, 0.25) is 0 Å². The molecular weight excluding hydrogens is 268 g/mol. The predicted molar refractivity (Wildman–Crippen MR) is 79.7 cm³/mol. The highest BCUT2D eigenvalue weighted by Gasteiger charge is 2.11. The summed E-state index contributed by atoms with van der Waals surface area (Å²) in [6.45, 7) is 1.77. The molecule has 2 aromatic carbocycles. The van der Waals surface area contributed by atoms with Crippen LogP contribution in [0.5, 0.6) is 5.75 Å². The summed E-state index contributed by atoms with van der Waals surface area (Å²) >= 11 is 0. The number of phenols is 1. The second-order valence-corrected chi connectivity index (χ2v) is 4.85. The van der Waals surface area contributed by atoms with Crippen LogP contribution in [0.25, 0.3) is 22.1 Å². The van der Waals surface area contributed by atoms with Crippen LogP contribution < -0.4 is 5.43 Å². The van der Waals surface area contributed by atoms with Gasteiger partial charge in [-0.15, -0.1) is 0 Å². The molecule has 1 N–H and O–H groups in total. The molecule has 0 radical (unpaired) electrons. The SMILES string of the molecule is Cc1cc2c(=O)c(-c3ccc(O)cc3)coc2cc1C=O.